The normalized spacial score (nSPS) is 13.3. The van der Waals surface area contributed by atoms with Gasteiger partial charge in [-0.3, -0.25) is 4.68 Å². The van der Waals surface area contributed by atoms with Crippen LogP contribution >= 0.6 is 0 Å². The maximum Gasteiger partial charge on any atom is 0.0664 e. The van der Waals surface area contributed by atoms with Gasteiger partial charge in [0.05, 0.1) is 5.69 Å². The Morgan fingerprint density at radius 1 is 1.42 bits per heavy atom. The molecule has 0 bridgehead atoms. The van der Waals surface area contributed by atoms with Crippen molar-refractivity contribution in [2.75, 3.05) is 6.54 Å². The fourth-order valence-electron chi connectivity index (χ4n) is 1.88. The Morgan fingerprint density at radius 2 is 2.11 bits per heavy atom. The summed E-state index contributed by atoms with van der Waals surface area (Å²) in [5, 5.41) is 8.07. The first-order chi connectivity index (χ1) is 8.78. The van der Waals surface area contributed by atoms with Crippen molar-refractivity contribution in [3.05, 3.63) is 29.6 Å². The highest BCUT2D eigenvalue weighted by molar-refractivity contribution is 5.12. The van der Waals surface area contributed by atoms with Crippen LogP contribution in [0.1, 0.15) is 59.7 Å². The molecule has 0 unspecified atom stereocenters. The van der Waals surface area contributed by atoms with Gasteiger partial charge in [-0.2, -0.15) is 5.10 Å². The Balaban J connectivity index is 2.39. The van der Waals surface area contributed by atoms with Crippen molar-refractivity contribution >= 4 is 0 Å². The first-order valence-corrected chi connectivity index (χ1v) is 7.22. The quantitative estimate of drug-likeness (QED) is 0.626. The van der Waals surface area contributed by atoms with Gasteiger partial charge in [-0.05, 0) is 60.6 Å². The molecule has 3 heteroatoms. The van der Waals surface area contributed by atoms with Crippen molar-refractivity contribution in [3.63, 3.8) is 0 Å². The molecule has 3 nitrogen and oxygen atoms in total. The minimum atomic E-state index is 0.206. The minimum absolute atomic E-state index is 0.206. The van der Waals surface area contributed by atoms with Gasteiger partial charge in [-0.25, -0.2) is 0 Å². The van der Waals surface area contributed by atoms with E-state index in [-0.39, 0.29) is 5.54 Å². The molecule has 0 amide bonds. The van der Waals surface area contributed by atoms with E-state index in [1.807, 2.05) is 4.68 Å². The summed E-state index contributed by atoms with van der Waals surface area (Å²) in [7, 11) is 0. The van der Waals surface area contributed by atoms with Crippen LogP contribution in [0.25, 0.3) is 0 Å². The largest absolute Gasteiger partial charge is 0.312 e. The van der Waals surface area contributed by atoms with Crippen LogP contribution in [0.4, 0.5) is 0 Å². The zero-order valence-corrected chi connectivity index (χ0v) is 13.3. The number of aromatic nitrogens is 2. The molecular weight excluding hydrogens is 234 g/mol. The molecule has 0 saturated carbocycles. The number of rotatable bonds is 6. The summed E-state index contributed by atoms with van der Waals surface area (Å²) in [5.41, 5.74) is 2.76. The Labute approximate surface area is 118 Å². The van der Waals surface area contributed by atoms with E-state index < -0.39 is 0 Å². The summed E-state index contributed by atoms with van der Waals surface area (Å²) in [6, 6.07) is 2.55. The standard InChI is InChI=1S/C16H29N3/c1-13(2)19-11-9-15(18-19)12-14(3)8-7-10-17-16(4,5)6/h8-9,11,13,17H,7,10,12H2,1-6H3. The molecule has 1 heterocycles. The van der Waals surface area contributed by atoms with Gasteiger partial charge in [0.2, 0.25) is 0 Å². The third kappa shape index (κ3) is 6.58. The second-order valence-electron chi connectivity index (χ2n) is 6.57. The lowest BCUT2D eigenvalue weighted by Crippen LogP contribution is -2.36. The first-order valence-electron chi connectivity index (χ1n) is 7.22. The number of hydrogen-bond donors (Lipinski definition) is 1. The lowest BCUT2D eigenvalue weighted by atomic mass is 10.1. The first kappa shape index (κ1) is 16.0. The molecule has 0 aliphatic heterocycles. The molecule has 0 aliphatic carbocycles. The van der Waals surface area contributed by atoms with Crippen LogP contribution in [0.2, 0.25) is 0 Å². The smallest absolute Gasteiger partial charge is 0.0664 e. The lowest BCUT2D eigenvalue weighted by molar-refractivity contribution is 0.431. The minimum Gasteiger partial charge on any atom is -0.312 e. The van der Waals surface area contributed by atoms with E-state index in [1.54, 1.807) is 0 Å². The van der Waals surface area contributed by atoms with Crippen molar-refractivity contribution < 1.29 is 0 Å². The van der Waals surface area contributed by atoms with E-state index in [1.165, 1.54) is 5.57 Å². The van der Waals surface area contributed by atoms with Crippen LogP contribution in [0.3, 0.4) is 0 Å². The molecule has 0 spiro atoms. The van der Waals surface area contributed by atoms with Crippen molar-refractivity contribution in [1.82, 2.24) is 15.1 Å². The van der Waals surface area contributed by atoms with Gasteiger partial charge in [-0.15, -0.1) is 0 Å². The summed E-state index contributed by atoms with van der Waals surface area (Å²) in [5.74, 6) is 0. The molecule has 19 heavy (non-hydrogen) atoms. The number of hydrogen-bond acceptors (Lipinski definition) is 2. The molecule has 1 rings (SSSR count). The highest BCUT2D eigenvalue weighted by Gasteiger charge is 2.07. The van der Waals surface area contributed by atoms with Gasteiger partial charge in [-0.1, -0.05) is 11.6 Å². The van der Waals surface area contributed by atoms with Gasteiger partial charge in [0.15, 0.2) is 0 Å². The second kappa shape index (κ2) is 6.90. The van der Waals surface area contributed by atoms with E-state index in [9.17, 15) is 0 Å². The number of nitrogens with zero attached hydrogens (tertiary/aromatic N) is 2. The van der Waals surface area contributed by atoms with E-state index >= 15 is 0 Å². The molecule has 0 atom stereocenters. The zero-order valence-electron chi connectivity index (χ0n) is 13.3. The molecule has 108 valence electrons. The van der Waals surface area contributed by atoms with Crippen LogP contribution in [-0.2, 0) is 6.42 Å². The predicted molar refractivity (Wildman–Crippen MR) is 82.4 cm³/mol. The van der Waals surface area contributed by atoms with Crippen LogP contribution < -0.4 is 5.32 Å². The topological polar surface area (TPSA) is 29.9 Å². The molecule has 1 aromatic heterocycles. The highest BCUT2D eigenvalue weighted by atomic mass is 15.3. The van der Waals surface area contributed by atoms with E-state index in [2.05, 4.69) is 70.3 Å². The predicted octanol–water partition coefficient (Wildman–Crippen LogP) is 3.73. The molecule has 0 aliphatic rings. The molecule has 1 N–H and O–H groups in total. The third-order valence-corrected chi connectivity index (χ3v) is 2.95. The van der Waals surface area contributed by atoms with E-state index in [0.717, 1.165) is 25.1 Å². The summed E-state index contributed by atoms with van der Waals surface area (Å²) in [6.07, 6.45) is 6.41. The second-order valence-corrected chi connectivity index (χ2v) is 6.57. The number of allylic oxidation sites excluding steroid dienone is 1. The molecular formula is C16H29N3. The maximum atomic E-state index is 4.58. The van der Waals surface area contributed by atoms with Crippen molar-refractivity contribution in [1.29, 1.82) is 0 Å². The van der Waals surface area contributed by atoms with Gasteiger partial charge >= 0.3 is 0 Å². The number of nitrogens with one attached hydrogen (secondary N) is 1. The van der Waals surface area contributed by atoms with E-state index in [4.69, 9.17) is 0 Å². The zero-order chi connectivity index (χ0) is 14.5. The summed E-state index contributed by atoms with van der Waals surface area (Å²) >= 11 is 0. The maximum absolute atomic E-state index is 4.58. The SMILES string of the molecule is CC(=CCCNC(C)(C)C)Cc1ccn(C(C)C)n1. The highest BCUT2D eigenvalue weighted by Crippen LogP contribution is 2.09. The fourth-order valence-corrected chi connectivity index (χ4v) is 1.88. The van der Waals surface area contributed by atoms with Crippen molar-refractivity contribution in [2.45, 2.75) is 66.0 Å². The average molecular weight is 263 g/mol. The van der Waals surface area contributed by atoms with E-state index in [0.29, 0.717) is 6.04 Å². The summed E-state index contributed by atoms with van der Waals surface area (Å²) < 4.78 is 2.02. The van der Waals surface area contributed by atoms with Crippen molar-refractivity contribution in [2.24, 2.45) is 0 Å². The Morgan fingerprint density at radius 3 is 2.63 bits per heavy atom. The van der Waals surface area contributed by atoms with Crippen LogP contribution in [0.15, 0.2) is 23.9 Å². The average Bonchev–Trinajstić information content (AvgIpc) is 2.71. The van der Waals surface area contributed by atoms with Gasteiger partial charge < -0.3 is 5.32 Å². The Hall–Kier alpha value is -1.09. The Bertz CT molecular complexity index is 408. The molecule has 0 aromatic carbocycles. The fraction of sp³-hybridized carbons (Fsp3) is 0.688. The van der Waals surface area contributed by atoms with Gasteiger partial charge in [0, 0.05) is 24.2 Å². The van der Waals surface area contributed by atoms with Crippen LogP contribution in [-0.4, -0.2) is 21.9 Å². The Kier molecular flexibility index (Phi) is 5.80. The summed E-state index contributed by atoms with van der Waals surface area (Å²) in [4.78, 5) is 0. The van der Waals surface area contributed by atoms with Crippen molar-refractivity contribution in [3.8, 4) is 0 Å². The molecule has 0 radical (unpaired) electrons. The van der Waals surface area contributed by atoms with Crippen LogP contribution in [0.5, 0.6) is 0 Å². The molecule has 0 fully saturated rings. The third-order valence-electron chi connectivity index (χ3n) is 2.95. The summed E-state index contributed by atoms with van der Waals surface area (Å²) in [6.45, 7) is 14.1. The monoisotopic (exact) mass is 263 g/mol. The lowest BCUT2D eigenvalue weighted by Gasteiger charge is -2.19. The molecule has 0 saturated heterocycles. The van der Waals surface area contributed by atoms with Gasteiger partial charge in [0.1, 0.15) is 0 Å². The van der Waals surface area contributed by atoms with Gasteiger partial charge in [0.25, 0.3) is 0 Å². The van der Waals surface area contributed by atoms with Crippen LogP contribution in [0, 0.1) is 0 Å². The molecule has 1 aromatic rings.